The molecule has 4 nitrogen and oxygen atoms in total. The normalized spacial score (nSPS) is 16.7. The van der Waals surface area contributed by atoms with Gasteiger partial charge in [0.1, 0.15) is 5.69 Å². The van der Waals surface area contributed by atoms with Crippen LogP contribution >= 0.6 is 0 Å². The Hall–Kier alpha value is -5.22. The van der Waals surface area contributed by atoms with Crippen LogP contribution in [0.1, 0.15) is 67.6 Å². The van der Waals surface area contributed by atoms with Gasteiger partial charge in [-0.1, -0.05) is 82.3 Å². The number of benzene rings is 5. The van der Waals surface area contributed by atoms with E-state index in [1.807, 2.05) is 0 Å². The van der Waals surface area contributed by atoms with E-state index in [1.165, 1.54) is 55.8 Å². The first-order valence-corrected chi connectivity index (χ1v) is 16.1. The van der Waals surface area contributed by atoms with Crippen molar-refractivity contribution in [1.82, 2.24) is 4.57 Å². The van der Waals surface area contributed by atoms with Crippen LogP contribution in [0.5, 0.6) is 11.5 Å². The molecular formula is C41H33N3O+2. The Morgan fingerprint density at radius 3 is 2.29 bits per heavy atom. The van der Waals surface area contributed by atoms with Crippen molar-refractivity contribution in [2.24, 2.45) is 0 Å². The number of ether oxygens (including phenoxy) is 1. The Kier molecular flexibility index (Phi) is 4.74. The molecule has 3 aliphatic heterocycles. The van der Waals surface area contributed by atoms with E-state index >= 15 is 0 Å². The fourth-order valence-electron chi connectivity index (χ4n) is 8.37. The number of imidazole rings is 1. The number of para-hydroxylation sites is 1. The Morgan fingerprint density at radius 2 is 1.47 bits per heavy atom. The predicted octanol–water partition coefficient (Wildman–Crippen LogP) is 8.83. The highest BCUT2D eigenvalue weighted by Crippen LogP contribution is 2.57. The van der Waals surface area contributed by atoms with Crippen LogP contribution in [0.15, 0.2) is 115 Å². The number of nitrogens with zero attached hydrogens (tertiary/aromatic N) is 3. The fourth-order valence-corrected chi connectivity index (χ4v) is 8.37. The smallest absolute Gasteiger partial charge is 0.352 e. The summed E-state index contributed by atoms with van der Waals surface area (Å²) in [6.45, 7) is 9.19. The Labute approximate surface area is 262 Å². The molecule has 2 aromatic heterocycles. The molecule has 0 aliphatic carbocycles. The molecule has 7 aromatic rings. The molecule has 10 rings (SSSR count). The van der Waals surface area contributed by atoms with E-state index < -0.39 is 5.54 Å². The molecular weight excluding hydrogens is 550 g/mol. The van der Waals surface area contributed by atoms with Gasteiger partial charge < -0.3 is 4.74 Å². The standard InChI is InChI=1S/C41H33N3O/c1-24(2)27-20-28(25(3)4)22-29(21-27)43-34-17-11-18-35-38(34)44-39-36(45-35)23-26-12-5-6-13-30(26)37(39)41(40(43)44)32-15-8-7-14-31(32)33-16-9-10-19-42(33)41/h5-25H,1-4H3/q+2. The van der Waals surface area contributed by atoms with Crippen molar-refractivity contribution in [1.29, 1.82) is 0 Å². The van der Waals surface area contributed by atoms with E-state index in [4.69, 9.17) is 4.74 Å². The lowest BCUT2D eigenvalue weighted by atomic mass is 9.80. The number of aromatic nitrogens is 3. The third-order valence-corrected chi connectivity index (χ3v) is 10.3. The summed E-state index contributed by atoms with van der Waals surface area (Å²) in [4.78, 5) is 0. The largest absolute Gasteiger partial charge is 0.448 e. The van der Waals surface area contributed by atoms with E-state index in [2.05, 4.69) is 157 Å². The van der Waals surface area contributed by atoms with Crippen molar-refractivity contribution in [2.45, 2.75) is 45.1 Å². The predicted molar refractivity (Wildman–Crippen MR) is 178 cm³/mol. The quantitative estimate of drug-likeness (QED) is 0.191. The lowest BCUT2D eigenvalue weighted by Crippen LogP contribution is -2.57. The monoisotopic (exact) mass is 583 g/mol. The van der Waals surface area contributed by atoms with E-state index in [0.29, 0.717) is 11.8 Å². The van der Waals surface area contributed by atoms with Gasteiger partial charge in [-0.05, 0) is 76.2 Å². The summed E-state index contributed by atoms with van der Waals surface area (Å²) in [5.41, 5.74) is 11.8. The van der Waals surface area contributed by atoms with Crippen LogP contribution in [0, 0.1) is 0 Å². The molecule has 0 bridgehead atoms. The van der Waals surface area contributed by atoms with Crippen LogP contribution in [0.4, 0.5) is 0 Å². The maximum absolute atomic E-state index is 6.88. The summed E-state index contributed by atoms with van der Waals surface area (Å²) >= 11 is 0. The lowest BCUT2D eigenvalue weighted by Gasteiger charge is -2.22. The SMILES string of the molecule is CC(C)c1cc(C(C)C)cc(-n2c3[n+]4c5c(cccc52)Oc2cc5ccccc5c(c2-4)C32c3ccccc3-c3cccc[n+]32)c1. The Morgan fingerprint density at radius 1 is 0.711 bits per heavy atom. The molecule has 1 atom stereocenters. The van der Waals surface area contributed by atoms with Crippen molar-refractivity contribution in [3.05, 3.63) is 143 Å². The van der Waals surface area contributed by atoms with Crippen molar-refractivity contribution >= 4 is 21.8 Å². The molecule has 1 spiro atoms. The van der Waals surface area contributed by atoms with Crippen LogP contribution in [0.2, 0.25) is 0 Å². The van der Waals surface area contributed by atoms with E-state index in [0.717, 1.165) is 28.2 Å². The first-order valence-electron chi connectivity index (χ1n) is 16.1. The molecule has 216 valence electrons. The Balaban J connectivity index is 1.49. The molecule has 0 saturated heterocycles. The van der Waals surface area contributed by atoms with Crippen molar-refractivity contribution in [3.8, 4) is 34.1 Å². The van der Waals surface area contributed by atoms with Gasteiger partial charge in [0.15, 0.2) is 28.9 Å². The molecule has 45 heavy (non-hydrogen) atoms. The van der Waals surface area contributed by atoms with Gasteiger partial charge in [0.05, 0.1) is 16.7 Å². The van der Waals surface area contributed by atoms with Crippen LogP contribution in [-0.4, -0.2) is 4.57 Å². The minimum atomic E-state index is -0.631. The highest BCUT2D eigenvalue weighted by molar-refractivity contribution is 5.96. The molecule has 0 fully saturated rings. The van der Waals surface area contributed by atoms with Gasteiger partial charge in [-0.2, -0.15) is 13.7 Å². The Bertz CT molecular complexity index is 2360. The van der Waals surface area contributed by atoms with Gasteiger partial charge in [0.2, 0.25) is 11.2 Å². The van der Waals surface area contributed by atoms with E-state index in [1.54, 1.807) is 0 Å². The summed E-state index contributed by atoms with van der Waals surface area (Å²) in [7, 11) is 0. The zero-order valence-corrected chi connectivity index (χ0v) is 25.9. The minimum Gasteiger partial charge on any atom is -0.448 e. The molecule has 0 radical (unpaired) electrons. The lowest BCUT2D eigenvalue weighted by molar-refractivity contribution is -0.733. The van der Waals surface area contributed by atoms with Gasteiger partial charge in [0, 0.05) is 12.1 Å². The van der Waals surface area contributed by atoms with Gasteiger partial charge in [-0.25, -0.2) is 0 Å². The summed E-state index contributed by atoms with van der Waals surface area (Å²) < 4.78 is 14.5. The highest BCUT2D eigenvalue weighted by atomic mass is 16.5. The number of pyridine rings is 1. The van der Waals surface area contributed by atoms with Crippen molar-refractivity contribution in [2.75, 3.05) is 0 Å². The molecule has 5 heterocycles. The van der Waals surface area contributed by atoms with Gasteiger partial charge in [-0.15, -0.1) is 0 Å². The van der Waals surface area contributed by atoms with Crippen LogP contribution in [0.25, 0.3) is 44.4 Å². The van der Waals surface area contributed by atoms with Crippen molar-refractivity contribution in [3.63, 3.8) is 0 Å². The molecule has 0 N–H and O–H groups in total. The summed E-state index contributed by atoms with van der Waals surface area (Å²) in [5.74, 6) is 3.84. The second-order valence-corrected chi connectivity index (χ2v) is 13.4. The number of fused-ring (bicyclic) bond motifs is 9. The summed E-state index contributed by atoms with van der Waals surface area (Å²) in [6.07, 6.45) is 2.28. The molecule has 3 aliphatic rings. The zero-order valence-electron chi connectivity index (χ0n) is 25.9. The van der Waals surface area contributed by atoms with E-state index in [-0.39, 0.29) is 0 Å². The zero-order chi connectivity index (χ0) is 30.2. The first-order chi connectivity index (χ1) is 22.0. The average Bonchev–Trinajstić information content (AvgIpc) is 3.67. The molecule has 4 heteroatoms. The van der Waals surface area contributed by atoms with Gasteiger partial charge in [-0.3, -0.25) is 0 Å². The average molecular weight is 584 g/mol. The number of rotatable bonds is 3. The summed E-state index contributed by atoms with van der Waals surface area (Å²) in [6, 6.07) is 40.4. The van der Waals surface area contributed by atoms with Crippen LogP contribution in [-0.2, 0) is 5.54 Å². The summed E-state index contributed by atoms with van der Waals surface area (Å²) in [5, 5.41) is 2.44. The maximum Gasteiger partial charge on any atom is 0.352 e. The number of hydrogen-bond acceptors (Lipinski definition) is 1. The van der Waals surface area contributed by atoms with Crippen molar-refractivity contribution < 1.29 is 13.9 Å². The fraction of sp³-hybridized carbons (Fsp3) is 0.171. The molecule has 0 amide bonds. The second-order valence-electron chi connectivity index (χ2n) is 13.4. The highest BCUT2D eigenvalue weighted by Gasteiger charge is 2.69. The maximum atomic E-state index is 6.88. The molecule has 0 saturated carbocycles. The van der Waals surface area contributed by atoms with Crippen LogP contribution in [0.3, 0.4) is 0 Å². The number of hydrogen-bond donors (Lipinski definition) is 0. The molecule has 5 aromatic carbocycles. The second kappa shape index (κ2) is 8.48. The third-order valence-electron chi connectivity index (χ3n) is 10.3. The van der Waals surface area contributed by atoms with Crippen LogP contribution < -0.4 is 13.9 Å². The topological polar surface area (TPSA) is 21.9 Å². The third kappa shape index (κ3) is 2.93. The van der Waals surface area contributed by atoms with Gasteiger partial charge in [0.25, 0.3) is 0 Å². The minimum absolute atomic E-state index is 0.406. The van der Waals surface area contributed by atoms with Gasteiger partial charge >= 0.3 is 11.4 Å². The van der Waals surface area contributed by atoms with E-state index in [9.17, 15) is 0 Å². The molecule has 1 unspecified atom stereocenters. The first kappa shape index (κ1) is 25.1.